The number of fused-ring (bicyclic) bond motifs is 1. The van der Waals surface area contributed by atoms with Crippen molar-refractivity contribution >= 4 is 33.8 Å². The van der Waals surface area contributed by atoms with Gasteiger partial charge >= 0.3 is 0 Å². The van der Waals surface area contributed by atoms with Crippen LogP contribution in [0.2, 0.25) is 0 Å². The average Bonchev–Trinajstić information content (AvgIpc) is 3.53. The number of aryl methyl sites for hydroxylation is 2. The fraction of sp³-hybridized carbons (Fsp3) is 0.135. The van der Waals surface area contributed by atoms with Gasteiger partial charge in [-0.15, -0.1) is 0 Å². The van der Waals surface area contributed by atoms with Gasteiger partial charge in [0.1, 0.15) is 11.5 Å². The smallest absolute Gasteiger partial charge is 0.174 e. The molecule has 2 aromatic heterocycles. The summed E-state index contributed by atoms with van der Waals surface area (Å²) in [6.45, 7) is 6.45. The van der Waals surface area contributed by atoms with Crippen molar-refractivity contribution in [2.45, 2.75) is 32.9 Å². The molecule has 0 saturated carbocycles. The molecule has 1 saturated heterocycles. The van der Waals surface area contributed by atoms with Gasteiger partial charge in [0.15, 0.2) is 5.11 Å². The van der Waals surface area contributed by atoms with Gasteiger partial charge in [0, 0.05) is 28.7 Å². The first-order valence-electron chi connectivity index (χ1n) is 14.5. The molecule has 0 bridgehead atoms. The van der Waals surface area contributed by atoms with Crippen molar-refractivity contribution in [3.63, 3.8) is 0 Å². The second-order valence-electron chi connectivity index (χ2n) is 11.1. The van der Waals surface area contributed by atoms with Crippen LogP contribution in [0.15, 0.2) is 121 Å². The summed E-state index contributed by atoms with van der Waals surface area (Å²) < 4.78 is 8.49. The highest BCUT2D eigenvalue weighted by Gasteiger charge is 2.42. The number of hydrogen-bond acceptors (Lipinski definition) is 3. The molecule has 6 aromatic rings. The molecule has 1 aliphatic heterocycles. The van der Waals surface area contributed by atoms with Gasteiger partial charge in [0.25, 0.3) is 0 Å². The Morgan fingerprint density at radius 3 is 2.21 bits per heavy atom. The van der Waals surface area contributed by atoms with Crippen LogP contribution in [0.1, 0.15) is 40.3 Å². The minimum absolute atomic E-state index is 0.110. The van der Waals surface area contributed by atoms with Crippen LogP contribution in [0.3, 0.4) is 0 Å². The van der Waals surface area contributed by atoms with E-state index in [0.29, 0.717) is 5.11 Å². The van der Waals surface area contributed by atoms with Gasteiger partial charge in [0.05, 0.1) is 23.5 Å². The van der Waals surface area contributed by atoms with Crippen molar-refractivity contribution in [1.82, 2.24) is 14.9 Å². The number of nitrogens with one attached hydrogen (secondary N) is 1. The summed E-state index contributed by atoms with van der Waals surface area (Å²) in [5.41, 5.74) is 7.86. The topological polar surface area (TPSA) is 42.3 Å². The largest absolute Gasteiger partial charge is 0.457 e. The first-order valence-corrected chi connectivity index (χ1v) is 14.9. The number of benzene rings is 4. The molecule has 5 nitrogen and oxygen atoms in total. The van der Waals surface area contributed by atoms with E-state index in [1.807, 2.05) is 42.6 Å². The predicted octanol–water partition coefficient (Wildman–Crippen LogP) is 8.92. The zero-order chi connectivity index (χ0) is 29.5. The fourth-order valence-corrected chi connectivity index (χ4v) is 6.57. The highest BCUT2D eigenvalue weighted by Crippen LogP contribution is 2.44. The van der Waals surface area contributed by atoms with E-state index in [9.17, 15) is 0 Å². The van der Waals surface area contributed by atoms with Crippen LogP contribution < -0.4 is 15.0 Å². The lowest BCUT2D eigenvalue weighted by Gasteiger charge is -2.28. The summed E-state index contributed by atoms with van der Waals surface area (Å²) in [5.74, 6) is 1.59. The monoisotopic (exact) mass is 580 g/mol. The molecule has 1 aliphatic rings. The molecule has 43 heavy (non-hydrogen) atoms. The molecule has 2 atom stereocenters. The lowest BCUT2D eigenvalue weighted by atomic mass is 9.96. The van der Waals surface area contributed by atoms with E-state index >= 15 is 0 Å². The van der Waals surface area contributed by atoms with E-state index in [2.05, 4.69) is 114 Å². The van der Waals surface area contributed by atoms with Crippen molar-refractivity contribution in [3.8, 4) is 17.2 Å². The van der Waals surface area contributed by atoms with Crippen LogP contribution in [0.4, 0.5) is 5.69 Å². The standard InChI is InChI=1S/C37H32N4OS/c1-24-14-18-29(19-15-24)42-30-20-16-28(17-21-30)41-36(35(39-37(41)43)33-12-6-7-22-38-33)32-23-25(2)40(26(32)3)34-13-8-10-27-9-4-5-11-31(27)34/h4-23,35-36H,1-3H3,(H,39,43)/t35-,36-/m0/s1. The molecular weight excluding hydrogens is 549 g/mol. The molecule has 1 N–H and O–H groups in total. The molecular formula is C37H32N4OS. The number of anilines is 1. The van der Waals surface area contributed by atoms with Gasteiger partial charge in [-0.2, -0.15) is 0 Å². The second-order valence-corrected chi connectivity index (χ2v) is 11.5. The van der Waals surface area contributed by atoms with Gasteiger partial charge in [-0.25, -0.2) is 0 Å². The molecule has 4 aromatic carbocycles. The number of pyridine rings is 1. The molecule has 0 radical (unpaired) electrons. The third-order valence-electron chi connectivity index (χ3n) is 8.27. The van der Waals surface area contributed by atoms with Crippen molar-refractivity contribution < 1.29 is 4.74 Å². The summed E-state index contributed by atoms with van der Waals surface area (Å²) in [6, 6.07) is 39.4. The summed E-state index contributed by atoms with van der Waals surface area (Å²) in [7, 11) is 0. The molecule has 1 fully saturated rings. The van der Waals surface area contributed by atoms with Crippen molar-refractivity contribution in [1.29, 1.82) is 0 Å². The summed E-state index contributed by atoms with van der Waals surface area (Å²) in [6.07, 6.45) is 1.84. The van der Waals surface area contributed by atoms with Crippen molar-refractivity contribution in [3.05, 3.63) is 150 Å². The summed E-state index contributed by atoms with van der Waals surface area (Å²) in [5, 5.41) is 6.72. The van der Waals surface area contributed by atoms with Crippen LogP contribution >= 0.6 is 12.2 Å². The van der Waals surface area contributed by atoms with Gasteiger partial charge in [-0.05, 0) is 105 Å². The molecule has 7 rings (SSSR count). The number of aromatic nitrogens is 2. The lowest BCUT2D eigenvalue weighted by molar-refractivity contribution is 0.482. The molecule has 0 amide bonds. The predicted molar refractivity (Wildman–Crippen MR) is 178 cm³/mol. The summed E-state index contributed by atoms with van der Waals surface area (Å²) >= 11 is 6.02. The maximum absolute atomic E-state index is 6.12. The van der Waals surface area contributed by atoms with E-state index < -0.39 is 0 Å². The Balaban J connectivity index is 1.31. The van der Waals surface area contributed by atoms with Crippen LogP contribution in [0, 0.1) is 20.8 Å². The number of hydrogen-bond donors (Lipinski definition) is 1. The van der Waals surface area contributed by atoms with E-state index in [1.54, 1.807) is 0 Å². The number of ether oxygens (including phenoxy) is 1. The Hall–Kier alpha value is -4.94. The number of thiocarbonyl (C=S) groups is 1. The minimum atomic E-state index is -0.126. The number of rotatable bonds is 6. The van der Waals surface area contributed by atoms with Gasteiger partial charge < -0.3 is 19.5 Å². The van der Waals surface area contributed by atoms with Gasteiger partial charge in [-0.3, -0.25) is 4.98 Å². The molecule has 0 unspecified atom stereocenters. The Kier molecular flexibility index (Phi) is 6.92. The zero-order valence-corrected chi connectivity index (χ0v) is 25.2. The maximum atomic E-state index is 6.12. The molecule has 0 spiro atoms. The SMILES string of the molecule is Cc1ccc(Oc2ccc(N3C(=S)N[C@@H](c4ccccn4)[C@@H]3c3cc(C)n(-c4cccc5ccccc45)c3C)cc2)cc1. The Labute approximate surface area is 257 Å². The molecule has 212 valence electrons. The highest BCUT2D eigenvalue weighted by atomic mass is 32.1. The van der Waals surface area contributed by atoms with E-state index in [1.165, 1.54) is 39.0 Å². The Bertz CT molecular complexity index is 1930. The van der Waals surface area contributed by atoms with Crippen molar-refractivity contribution in [2.75, 3.05) is 4.90 Å². The zero-order valence-electron chi connectivity index (χ0n) is 24.4. The van der Waals surface area contributed by atoms with Gasteiger partial charge in [0.2, 0.25) is 0 Å². The van der Waals surface area contributed by atoms with Gasteiger partial charge in [-0.1, -0.05) is 60.2 Å². The quantitative estimate of drug-likeness (QED) is 0.199. The third kappa shape index (κ3) is 4.94. The average molecular weight is 581 g/mol. The van der Waals surface area contributed by atoms with E-state index in [4.69, 9.17) is 21.9 Å². The van der Waals surface area contributed by atoms with Crippen LogP contribution in [-0.4, -0.2) is 14.7 Å². The molecule has 0 aliphatic carbocycles. The molecule has 6 heteroatoms. The van der Waals surface area contributed by atoms with Crippen molar-refractivity contribution in [2.24, 2.45) is 0 Å². The molecule has 3 heterocycles. The van der Waals surface area contributed by atoms with E-state index in [-0.39, 0.29) is 12.1 Å². The lowest BCUT2D eigenvalue weighted by Crippen LogP contribution is -2.29. The fourth-order valence-electron chi connectivity index (χ4n) is 6.23. The maximum Gasteiger partial charge on any atom is 0.174 e. The Morgan fingerprint density at radius 2 is 1.47 bits per heavy atom. The second kappa shape index (κ2) is 11.0. The summed E-state index contributed by atoms with van der Waals surface area (Å²) in [4.78, 5) is 6.97. The van der Waals surface area contributed by atoms with E-state index in [0.717, 1.165) is 22.9 Å². The van der Waals surface area contributed by atoms with Crippen LogP contribution in [-0.2, 0) is 0 Å². The number of nitrogens with zero attached hydrogens (tertiary/aromatic N) is 3. The van der Waals surface area contributed by atoms with Crippen LogP contribution in [0.5, 0.6) is 11.5 Å². The first kappa shape index (κ1) is 26.9. The Morgan fingerprint density at radius 1 is 0.767 bits per heavy atom. The third-order valence-corrected chi connectivity index (χ3v) is 8.58. The normalized spacial score (nSPS) is 16.4. The van der Waals surface area contributed by atoms with Crippen LogP contribution in [0.25, 0.3) is 16.5 Å². The first-order chi connectivity index (χ1) is 21.0. The highest BCUT2D eigenvalue weighted by molar-refractivity contribution is 7.80. The minimum Gasteiger partial charge on any atom is -0.457 e.